The Labute approximate surface area is 115 Å². The number of H-pyrrole nitrogens is 2. The fraction of sp³-hybridized carbons (Fsp3) is 0.286. The highest BCUT2D eigenvalue weighted by molar-refractivity contribution is 5.67. The molecule has 4 N–H and O–H groups in total. The standard InChI is InChI=1S/C14H17N3O3/c1-9(2-7-14(19)20)15-11-5-3-10(4-6-11)12-8-13(18)17-16-12/h3-6,8-9,15H,2,7H2,1H3,(H,19,20)(H2,16,17,18). The molecule has 0 radical (unpaired) electrons. The van der Waals surface area contributed by atoms with E-state index in [1.54, 1.807) is 0 Å². The molecule has 0 aliphatic heterocycles. The molecule has 1 unspecified atom stereocenters. The highest BCUT2D eigenvalue weighted by atomic mass is 16.4. The predicted molar refractivity (Wildman–Crippen MR) is 76.8 cm³/mol. The van der Waals surface area contributed by atoms with E-state index in [0.29, 0.717) is 6.42 Å². The molecule has 1 atom stereocenters. The van der Waals surface area contributed by atoms with Gasteiger partial charge in [-0.25, -0.2) is 0 Å². The highest BCUT2D eigenvalue weighted by Crippen LogP contribution is 2.19. The van der Waals surface area contributed by atoms with Gasteiger partial charge in [-0.1, -0.05) is 12.1 Å². The van der Waals surface area contributed by atoms with Crippen molar-refractivity contribution in [3.05, 3.63) is 40.7 Å². The van der Waals surface area contributed by atoms with Crippen LogP contribution < -0.4 is 10.9 Å². The zero-order chi connectivity index (χ0) is 14.5. The number of rotatable bonds is 6. The van der Waals surface area contributed by atoms with Gasteiger partial charge in [0.15, 0.2) is 0 Å². The number of carboxylic acids is 1. The molecular weight excluding hydrogens is 258 g/mol. The highest BCUT2D eigenvalue weighted by Gasteiger charge is 2.06. The maximum atomic E-state index is 11.1. The average Bonchev–Trinajstić information content (AvgIpc) is 2.84. The quantitative estimate of drug-likeness (QED) is 0.648. The van der Waals surface area contributed by atoms with Crippen molar-refractivity contribution in [2.75, 3.05) is 5.32 Å². The van der Waals surface area contributed by atoms with Gasteiger partial charge in [-0.15, -0.1) is 0 Å². The van der Waals surface area contributed by atoms with Gasteiger partial charge in [0.25, 0.3) is 5.56 Å². The first kappa shape index (κ1) is 13.9. The molecule has 1 heterocycles. The lowest BCUT2D eigenvalue weighted by Gasteiger charge is -2.14. The van der Waals surface area contributed by atoms with E-state index in [4.69, 9.17) is 5.11 Å². The van der Waals surface area contributed by atoms with Crippen LogP contribution in [0.1, 0.15) is 19.8 Å². The number of carbonyl (C=O) groups is 1. The third-order valence-corrected chi connectivity index (χ3v) is 3.00. The second kappa shape index (κ2) is 6.10. The van der Waals surface area contributed by atoms with Gasteiger partial charge in [0.1, 0.15) is 0 Å². The average molecular weight is 275 g/mol. The molecule has 1 aromatic heterocycles. The summed E-state index contributed by atoms with van der Waals surface area (Å²) in [5.41, 5.74) is 2.40. The lowest BCUT2D eigenvalue weighted by molar-refractivity contribution is -0.137. The van der Waals surface area contributed by atoms with Crippen LogP contribution in [0.25, 0.3) is 11.3 Å². The third kappa shape index (κ3) is 3.74. The molecule has 6 nitrogen and oxygen atoms in total. The van der Waals surface area contributed by atoms with Gasteiger partial charge in [0.2, 0.25) is 0 Å². The maximum Gasteiger partial charge on any atom is 0.303 e. The number of carboxylic acid groups (broad SMARTS) is 1. The van der Waals surface area contributed by atoms with Crippen LogP contribution in [0, 0.1) is 0 Å². The van der Waals surface area contributed by atoms with E-state index in [-0.39, 0.29) is 18.0 Å². The molecule has 0 saturated heterocycles. The Kier molecular flexibility index (Phi) is 4.24. The lowest BCUT2D eigenvalue weighted by Crippen LogP contribution is -2.16. The minimum absolute atomic E-state index is 0.0871. The summed E-state index contributed by atoms with van der Waals surface area (Å²) in [5.74, 6) is -0.787. The van der Waals surface area contributed by atoms with Crippen molar-refractivity contribution in [1.82, 2.24) is 10.2 Å². The van der Waals surface area contributed by atoms with E-state index >= 15 is 0 Å². The molecule has 0 amide bonds. The van der Waals surface area contributed by atoms with Crippen LogP contribution in [0.5, 0.6) is 0 Å². The van der Waals surface area contributed by atoms with Crippen molar-refractivity contribution in [3.63, 3.8) is 0 Å². The van der Waals surface area contributed by atoms with Crippen LogP contribution >= 0.6 is 0 Å². The Balaban J connectivity index is 1.98. The summed E-state index contributed by atoms with van der Waals surface area (Å²) < 4.78 is 0. The summed E-state index contributed by atoms with van der Waals surface area (Å²) >= 11 is 0. The number of aromatic nitrogens is 2. The van der Waals surface area contributed by atoms with Gasteiger partial charge < -0.3 is 10.4 Å². The molecule has 20 heavy (non-hydrogen) atoms. The lowest BCUT2D eigenvalue weighted by atomic mass is 10.1. The smallest absolute Gasteiger partial charge is 0.303 e. The first-order valence-corrected chi connectivity index (χ1v) is 6.41. The van der Waals surface area contributed by atoms with Crippen molar-refractivity contribution < 1.29 is 9.90 Å². The molecular formula is C14H17N3O3. The van der Waals surface area contributed by atoms with Gasteiger partial charge in [0, 0.05) is 24.2 Å². The number of aromatic amines is 2. The monoisotopic (exact) mass is 275 g/mol. The third-order valence-electron chi connectivity index (χ3n) is 3.00. The SMILES string of the molecule is CC(CCC(=O)O)Nc1ccc(-c2cc(=O)[nH][nH]2)cc1. The fourth-order valence-electron chi connectivity index (χ4n) is 1.93. The van der Waals surface area contributed by atoms with Crippen molar-refractivity contribution >= 4 is 11.7 Å². The summed E-state index contributed by atoms with van der Waals surface area (Å²) in [6, 6.07) is 9.17. The Morgan fingerprint density at radius 3 is 2.55 bits per heavy atom. The summed E-state index contributed by atoms with van der Waals surface area (Å²) in [5, 5.41) is 17.2. The molecule has 0 bridgehead atoms. The summed E-state index contributed by atoms with van der Waals surface area (Å²) in [7, 11) is 0. The van der Waals surface area contributed by atoms with E-state index in [2.05, 4.69) is 15.5 Å². The van der Waals surface area contributed by atoms with Gasteiger partial charge in [-0.2, -0.15) is 0 Å². The number of hydrogen-bond acceptors (Lipinski definition) is 3. The molecule has 0 saturated carbocycles. The summed E-state index contributed by atoms with van der Waals surface area (Å²) in [6.07, 6.45) is 0.721. The fourth-order valence-corrected chi connectivity index (χ4v) is 1.93. The Hall–Kier alpha value is -2.50. The normalized spacial score (nSPS) is 12.1. The zero-order valence-corrected chi connectivity index (χ0v) is 11.1. The first-order valence-electron chi connectivity index (χ1n) is 6.41. The van der Waals surface area contributed by atoms with Crippen molar-refractivity contribution in [2.24, 2.45) is 0 Å². The molecule has 0 aliphatic carbocycles. The Morgan fingerprint density at radius 2 is 2.00 bits per heavy atom. The largest absolute Gasteiger partial charge is 0.481 e. The second-order valence-corrected chi connectivity index (χ2v) is 4.73. The number of aliphatic carboxylic acids is 1. The molecule has 1 aromatic carbocycles. The van der Waals surface area contributed by atoms with Crippen molar-refractivity contribution in [1.29, 1.82) is 0 Å². The molecule has 106 valence electrons. The number of nitrogens with one attached hydrogen (secondary N) is 3. The number of hydrogen-bond donors (Lipinski definition) is 4. The van der Waals surface area contributed by atoms with Gasteiger partial charge in [0.05, 0.1) is 5.69 Å². The molecule has 2 rings (SSSR count). The topological polar surface area (TPSA) is 98.0 Å². The Bertz CT molecular complexity index is 628. The van der Waals surface area contributed by atoms with Gasteiger partial charge in [-0.3, -0.25) is 19.8 Å². The van der Waals surface area contributed by atoms with Crippen LogP contribution in [0.4, 0.5) is 5.69 Å². The summed E-state index contributed by atoms with van der Waals surface area (Å²) in [6.45, 7) is 1.94. The molecule has 0 fully saturated rings. The van der Waals surface area contributed by atoms with Gasteiger partial charge >= 0.3 is 5.97 Å². The zero-order valence-electron chi connectivity index (χ0n) is 11.1. The van der Waals surface area contributed by atoms with Crippen LogP contribution in [0.2, 0.25) is 0 Å². The summed E-state index contributed by atoms with van der Waals surface area (Å²) in [4.78, 5) is 21.6. The minimum atomic E-state index is -0.787. The number of anilines is 1. The second-order valence-electron chi connectivity index (χ2n) is 4.73. The Morgan fingerprint density at radius 1 is 1.30 bits per heavy atom. The van der Waals surface area contributed by atoms with E-state index in [1.807, 2.05) is 31.2 Å². The first-order chi connectivity index (χ1) is 9.54. The molecule has 0 aliphatic rings. The van der Waals surface area contributed by atoms with Crippen LogP contribution in [-0.4, -0.2) is 27.3 Å². The van der Waals surface area contributed by atoms with Crippen molar-refractivity contribution in [2.45, 2.75) is 25.8 Å². The molecule has 2 aromatic rings. The van der Waals surface area contributed by atoms with Crippen LogP contribution in [0.15, 0.2) is 35.1 Å². The van der Waals surface area contributed by atoms with Crippen LogP contribution in [-0.2, 0) is 4.79 Å². The van der Waals surface area contributed by atoms with E-state index < -0.39 is 5.97 Å². The van der Waals surface area contributed by atoms with Gasteiger partial charge in [-0.05, 0) is 31.0 Å². The van der Waals surface area contributed by atoms with E-state index in [1.165, 1.54) is 6.07 Å². The number of benzene rings is 1. The molecule has 6 heteroatoms. The predicted octanol–water partition coefficient (Wildman–Crippen LogP) is 2.04. The minimum Gasteiger partial charge on any atom is -0.481 e. The maximum absolute atomic E-state index is 11.1. The van der Waals surface area contributed by atoms with E-state index in [0.717, 1.165) is 16.9 Å². The van der Waals surface area contributed by atoms with Crippen molar-refractivity contribution in [3.8, 4) is 11.3 Å². The van der Waals surface area contributed by atoms with E-state index in [9.17, 15) is 9.59 Å². The molecule has 0 spiro atoms. The van der Waals surface area contributed by atoms with Crippen LogP contribution in [0.3, 0.4) is 0 Å².